The van der Waals surface area contributed by atoms with Crippen molar-refractivity contribution in [1.29, 1.82) is 0 Å². The zero-order valence-electron chi connectivity index (χ0n) is 12.3. The smallest absolute Gasteiger partial charge is 0.309 e. The van der Waals surface area contributed by atoms with Crippen molar-refractivity contribution in [3.63, 3.8) is 0 Å². The van der Waals surface area contributed by atoms with Gasteiger partial charge in [-0.15, -0.1) is 11.3 Å². The molecule has 0 radical (unpaired) electrons. The fourth-order valence-corrected chi connectivity index (χ4v) is 2.61. The highest BCUT2D eigenvalue weighted by Gasteiger charge is 2.12. The second-order valence-electron chi connectivity index (χ2n) is 4.52. The number of benzene rings is 1. The number of hydrogen-bond acceptors (Lipinski definition) is 6. The topological polar surface area (TPSA) is 77.7 Å². The van der Waals surface area contributed by atoms with E-state index in [4.69, 9.17) is 4.74 Å². The molecule has 22 heavy (non-hydrogen) atoms. The molecule has 1 heterocycles. The predicted molar refractivity (Wildman–Crippen MR) is 81.6 cm³/mol. The normalized spacial score (nSPS) is 11.3. The molecule has 1 aromatic carbocycles. The Balaban J connectivity index is 2.47. The van der Waals surface area contributed by atoms with Crippen LogP contribution in [0, 0.1) is 0 Å². The molecule has 0 aliphatic heterocycles. The highest BCUT2D eigenvalue weighted by Crippen LogP contribution is 2.16. The van der Waals surface area contributed by atoms with Crippen LogP contribution in [0.4, 0.5) is 5.69 Å². The van der Waals surface area contributed by atoms with Gasteiger partial charge in [0.15, 0.2) is 10.6 Å². The molecule has 0 aliphatic rings. The average molecular weight is 318 g/mol. The molecular formula is C15H14N2O4S. The number of nitrogens with zero attached hydrogens (tertiary/aromatic N) is 2. The van der Waals surface area contributed by atoms with Crippen LogP contribution in [-0.2, 0) is 4.79 Å². The molecule has 114 valence electrons. The van der Waals surface area contributed by atoms with Crippen molar-refractivity contribution in [2.45, 2.75) is 20.8 Å². The van der Waals surface area contributed by atoms with Gasteiger partial charge >= 0.3 is 5.97 Å². The van der Waals surface area contributed by atoms with Gasteiger partial charge in [-0.05, 0) is 31.2 Å². The van der Waals surface area contributed by atoms with Crippen molar-refractivity contribution >= 4 is 34.7 Å². The summed E-state index contributed by atoms with van der Waals surface area (Å²) in [5.74, 6) is -0.704. The first-order valence-electron chi connectivity index (χ1n) is 6.44. The van der Waals surface area contributed by atoms with Gasteiger partial charge in [0.05, 0.1) is 11.1 Å². The number of Topliss-reactive ketones (excluding diaryl/α,β-unsaturated/α-hetero) is 1. The van der Waals surface area contributed by atoms with Crippen molar-refractivity contribution in [1.82, 2.24) is 4.57 Å². The van der Waals surface area contributed by atoms with Crippen LogP contribution in [-0.4, -0.2) is 22.2 Å². The van der Waals surface area contributed by atoms with Gasteiger partial charge in [-0.2, -0.15) is 0 Å². The van der Waals surface area contributed by atoms with Gasteiger partial charge in [0.1, 0.15) is 0 Å². The molecule has 0 spiro atoms. The number of esters is 1. The maximum atomic E-state index is 11.7. The Morgan fingerprint density at radius 2 is 1.73 bits per heavy atom. The van der Waals surface area contributed by atoms with Gasteiger partial charge in [-0.3, -0.25) is 14.4 Å². The summed E-state index contributed by atoms with van der Waals surface area (Å²) in [7, 11) is 0. The molecule has 6 nitrogen and oxygen atoms in total. The minimum Gasteiger partial charge on any atom is -0.408 e. The lowest BCUT2D eigenvalue weighted by Gasteiger charge is -2.03. The third kappa shape index (κ3) is 3.56. The van der Waals surface area contributed by atoms with Crippen LogP contribution >= 0.6 is 11.3 Å². The fraction of sp³-hybridized carbons (Fsp3) is 0.200. The number of aromatic nitrogens is 1. The van der Waals surface area contributed by atoms with Crippen molar-refractivity contribution < 1.29 is 19.1 Å². The number of thiazole rings is 1. The summed E-state index contributed by atoms with van der Waals surface area (Å²) in [6.07, 6.45) is 0. The third-order valence-corrected chi connectivity index (χ3v) is 3.54. The summed E-state index contributed by atoms with van der Waals surface area (Å²) in [5, 5.41) is 1.55. The summed E-state index contributed by atoms with van der Waals surface area (Å²) in [5.41, 5.74) is 1.18. The van der Waals surface area contributed by atoms with E-state index in [1.807, 2.05) is 0 Å². The highest BCUT2D eigenvalue weighted by atomic mass is 32.1. The second kappa shape index (κ2) is 6.48. The van der Waals surface area contributed by atoms with Crippen LogP contribution in [0.1, 0.15) is 35.9 Å². The van der Waals surface area contributed by atoms with Crippen molar-refractivity contribution in [3.05, 3.63) is 40.0 Å². The molecule has 0 bridgehead atoms. The fourth-order valence-electron chi connectivity index (χ4n) is 1.77. The number of carbonyl (C=O) groups excluding carboxylic acids is 3. The van der Waals surface area contributed by atoms with E-state index >= 15 is 0 Å². The van der Waals surface area contributed by atoms with Crippen molar-refractivity contribution in [3.8, 4) is 5.88 Å². The number of ether oxygens (including phenoxy) is 1. The van der Waals surface area contributed by atoms with Gasteiger partial charge in [-0.1, -0.05) is 0 Å². The Labute approximate surface area is 130 Å². The second-order valence-corrected chi connectivity index (χ2v) is 5.36. The third-order valence-electron chi connectivity index (χ3n) is 2.74. The highest BCUT2D eigenvalue weighted by molar-refractivity contribution is 7.07. The summed E-state index contributed by atoms with van der Waals surface area (Å²) in [6, 6.07) is 6.71. The molecular weight excluding hydrogens is 304 g/mol. The quantitative estimate of drug-likeness (QED) is 0.643. The lowest BCUT2D eigenvalue weighted by Crippen LogP contribution is -2.22. The molecule has 0 fully saturated rings. The lowest BCUT2D eigenvalue weighted by atomic mass is 10.1. The standard InChI is InChI=1S/C15H14N2O4S/c1-9(18)12-4-6-13(7-5-12)16-15-17(10(2)19)14(8-22-15)21-11(3)20/h4-8H,1-3H3. The first kappa shape index (κ1) is 15.8. The number of ketones is 1. The van der Waals surface area contributed by atoms with Gasteiger partial charge in [0, 0.05) is 19.4 Å². The van der Waals surface area contributed by atoms with E-state index in [9.17, 15) is 14.4 Å². The Morgan fingerprint density at radius 1 is 1.09 bits per heavy atom. The Hall–Kier alpha value is -2.54. The van der Waals surface area contributed by atoms with Gasteiger partial charge in [-0.25, -0.2) is 9.56 Å². The molecule has 0 aliphatic carbocycles. The molecule has 0 unspecified atom stereocenters. The zero-order chi connectivity index (χ0) is 16.3. The Kier molecular flexibility index (Phi) is 4.67. The van der Waals surface area contributed by atoms with E-state index in [-0.39, 0.29) is 17.6 Å². The van der Waals surface area contributed by atoms with Crippen molar-refractivity contribution in [2.75, 3.05) is 0 Å². The van der Waals surface area contributed by atoms with Crippen molar-refractivity contribution in [2.24, 2.45) is 4.99 Å². The van der Waals surface area contributed by atoms with E-state index in [2.05, 4.69) is 4.99 Å². The predicted octanol–water partition coefficient (Wildman–Crippen LogP) is 2.57. The lowest BCUT2D eigenvalue weighted by molar-refractivity contribution is -0.132. The monoisotopic (exact) mass is 318 g/mol. The molecule has 0 saturated carbocycles. The van der Waals surface area contributed by atoms with Crippen LogP contribution in [0.5, 0.6) is 5.88 Å². The largest absolute Gasteiger partial charge is 0.408 e. The number of carbonyl (C=O) groups is 3. The number of rotatable bonds is 3. The van der Waals surface area contributed by atoms with Crippen LogP contribution < -0.4 is 9.54 Å². The van der Waals surface area contributed by atoms with Crippen LogP contribution in [0.2, 0.25) is 0 Å². The SMILES string of the molecule is CC(=O)Oc1csc(=Nc2ccc(C(C)=O)cc2)n1C(C)=O. The molecule has 2 rings (SSSR count). The van der Waals surface area contributed by atoms with Crippen LogP contribution in [0.25, 0.3) is 0 Å². The summed E-state index contributed by atoms with van der Waals surface area (Å²) < 4.78 is 6.21. The minimum atomic E-state index is -0.509. The van der Waals surface area contributed by atoms with E-state index < -0.39 is 5.97 Å². The summed E-state index contributed by atoms with van der Waals surface area (Å²) in [6.45, 7) is 4.11. The molecule has 1 aromatic heterocycles. The molecule has 0 atom stereocenters. The summed E-state index contributed by atoms with van der Waals surface area (Å²) in [4.78, 5) is 38.8. The van der Waals surface area contributed by atoms with E-state index in [0.29, 0.717) is 16.1 Å². The number of hydrogen-bond donors (Lipinski definition) is 0. The first-order chi connectivity index (χ1) is 10.4. The molecule has 7 heteroatoms. The molecule has 2 aromatic rings. The van der Waals surface area contributed by atoms with Gasteiger partial charge in [0.2, 0.25) is 11.8 Å². The van der Waals surface area contributed by atoms with E-state index in [1.165, 1.54) is 36.7 Å². The van der Waals surface area contributed by atoms with E-state index in [0.717, 1.165) is 0 Å². The van der Waals surface area contributed by atoms with E-state index in [1.54, 1.807) is 29.6 Å². The maximum Gasteiger partial charge on any atom is 0.309 e. The Bertz CT molecular complexity index is 800. The van der Waals surface area contributed by atoms with Crippen LogP contribution in [0.3, 0.4) is 0 Å². The molecule has 0 N–H and O–H groups in total. The average Bonchev–Trinajstić information content (AvgIpc) is 2.81. The minimum absolute atomic E-state index is 0.0291. The zero-order valence-corrected chi connectivity index (χ0v) is 13.1. The molecule has 0 saturated heterocycles. The maximum absolute atomic E-state index is 11.7. The van der Waals surface area contributed by atoms with Gasteiger partial charge in [0.25, 0.3) is 0 Å². The molecule has 0 amide bonds. The first-order valence-corrected chi connectivity index (χ1v) is 7.32. The Morgan fingerprint density at radius 3 is 2.23 bits per heavy atom. The van der Waals surface area contributed by atoms with Crippen LogP contribution in [0.15, 0.2) is 34.6 Å². The summed E-state index contributed by atoms with van der Waals surface area (Å²) >= 11 is 1.18. The van der Waals surface area contributed by atoms with Gasteiger partial charge < -0.3 is 4.74 Å².